The molecule has 2 N–H and O–H groups in total. The average Bonchev–Trinajstić information content (AvgIpc) is 2.83. The smallest absolute Gasteiger partial charge is 0.316 e. The van der Waals surface area contributed by atoms with Gasteiger partial charge in [-0.1, -0.05) is 37.1 Å². The summed E-state index contributed by atoms with van der Waals surface area (Å²) in [4.78, 5) is 16.3. The van der Waals surface area contributed by atoms with Crippen LogP contribution in [0.3, 0.4) is 0 Å². The summed E-state index contributed by atoms with van der Waals surface area (Å²) in [6.07, 6.45) is 5.75. The van der Waals surface area contributed by atoms with Crippen molar-refractivity contribution in [3.05, 3.63) is 48.0 Å². The van der Waals surface area contributed by atoms with Gasteiger partial charge in [-0.2, -0.15) is 23.1 Å². The predicted molar refractivity (Wildman–Crippen MR) is 128 cm³/mol. The second kappa shape index (κ2) is 12.3. The zero-order valence-corrected chi connectivity index (χ0v) is 20.3. The molecule has 3 rings (SSSR count). The van der Waals surface area contributed by atoms with Crippen LogP contribution in [-0.2, 0) is 10.2 Å². The molecule has 182 valence electrons. The molecule has 2 heterocycles. The van der Waals surface area contributed by atoms with E-state index in [0.717, 1.165) is 6.42 Å². The zero-order valence-electron chi connectivity index (χ0n) is 18.7. The minimum Gasteiger partial charge on any atom is -0.494 e. The fourth-order valence-electron chi connectivity index (χ4n) is 2.74. The van der Waals surface area contributed by atoms with Crippen molar-refractivity contribution in [2.75, 3.05) is 31.6 Å². The van der Waals surface area contributed by atoms with Crippen LogP contribution in [0, 0.1) is 0 Å². The summed E-state index contributed by atoms with van der Waals surface area (Å²) < 4.78 is 46.2. The summed E-state index contributed by atoms with van der Waals surface area (Å²) in [6.45, 7) is 2.49. The van der Waals surface area contributed by atoms with Gasteiger partial charge >= 0.3 is 6.01 Å². The van der Waals surface area contributed by atoms with Gasteiger partial charge in [0.1, 0.15) is 19.5 Å². The van der Waals surface area contributed by atoms with Crippen molar-refractivity contribution in [2.45, 2.75) is 19.8 Å². The first-order valence-electron chi connectivity index (χ1n) is 10.4. The van der Waals surface area contributed by atoms with E-state index in [1.165, 1.54) is 25.8 Å². The first-order chi connectivity index (χ1) is 16.4. The molecule has 0 radical (unpaired) electrons. The van der Waals surface area contributed by atoms with E-state index < -0.39 is 10.2 Å². The summed E-state index contributed by atoms with van der Waals surface area (Å²) in [7, 11) is -2.34. The van der Waals surface area contributed by atoms with Crippen molar-refractivity contribution in [2.24, 2.45) is 0 Å². The molecule has 11 nitrogen and oxygen atoms in total. The number of nitrogens with zero attached hydrogens (tertiary/aromatic N) is 4. The molecule has 3 aromatic rings. The summed E-state index contributed by atoms with van der Waals surface area (Å²) >= 11 is 6.02. The number of anilines is 1. The molecule has 0 bridgehead atoms. The number of unbranched alkanes of at least 4 members (excludes halogenated alkanes) is 1. The highest BCUT2D eigenvalue weighted by atomic mass is 35.5. The van der Waals surface area contributed by atoms with Gasteiger partial charge in [-0.3, -0.25) is 4.72 Å². The number of methoxy groups -OCH3 is 1. The van der Waals surface area contributed by atoms with Crippen molar-refractivity contribution < 1.29 is 22.6 Å². The Labute approximate surface area is 203 Å². The van der Waals surface area contributed by atoms with E-state index in [1.54, 1.807) is 24.3 Å². The second-order valence-corrected chi connectivity index (χ2v) is 8.80. The summed E-state index contributed by atoms with van der Waals surface area (Å²) in [5.74, 6) is 0.745. The zero-order chi connectivity index (χ0) is 24.4. The molecule has 0 aliphatic rings. The summed E-state index contributed by atoms with van der Waals surface area (Å²) in [6, 6.07) is 6.96. The molecule has 0 aliphatic carbocycles. The number of halogens is 1. The fourth-order valence-corrected chi connectivity index (χ4v) is 3.76. The quantitative estimate of drug-likeness (QED) is 0.333. The lowest BCUT2D eigenvalue weighted by Crippen LogP contribution is -2.31. The highest BCUT2D eigenvalue weighted by molar-refractivity contribution is 7.90. The molecule has 0 unspecified atom stereocenters. The molecule has 0 amide bonds. The van der Waals surface area contributed by atoms with Gasteiger partial charge < -0.3 is 14.2 Å². The third kappa shape index (κ3) is 7.40. The number of ether oxygens (including phenoxy) is 3. The predicted octanol–water partition coefficient (Wildman–Crippen LogP) is 3.10. The Morgan fingerprint density at radius 1 is 1.00 bits per heavy atom. The van der Waals surface area contributed by atoms with Crippen LogP contribution in [0.4, 0.5) is 5.82 Å². The molecule has 1 aromatic carbocycles. The van der Waals surface area contributed by atoms with Crippen LogP contribution < -0.4 is 23.7 Å². The largest absolute Gasteiger partial charge is 0.494 e. The summed E-state index contributed by atoms with van der Waals surface area (Å²) in [5.41, 5.74) is 0.978. The number of hydrogen-bond acceptors (Lipinski definition) is 9. The van der Waals surface area contributed by atoms with E-state index in [9.17, 15) is 8.42 Å². The van der Waals surface area contributed by atoms with Gasteiger partial charge in [-0.05, 0) is 24.1 Å². The Morgan fingerprint density at radius 3 is 2.38 bits per heavy atom. The van der Waals surface area contributed by atoms with E-state index in [2.05, 4.69) is 29.4 Å². The molecule has 0 atom stereocenters. The van der Waals surface area contributed by atoms with Crippen molar-refractivity contribution in [3.8, 4) is 28.8 Å². The van der Waals surface area contributed by atoms with E-state index in [1.807, 2.05) is 6.92 Å². The third-order valence-corrected chi connectivity index (χ3v) is 5.69. The average molecular weight is 509 g/mol. The van der Waals surface area contributed by atoms with Gasteiger partial charge in [0, 0.05) is 11.6 Å². The van der Waals surface area contributed by atoms with E-state index in [4.69, 9.17) is 25.8 Å². The maximum absolute atomic E-state index is 12.5. The molecule has 0 aliphatic heterocycles. The van der Waals surface area contributed by atoms with Crippen LogP contribution in [0.2, 0.25) is 5.02 Å². The van der Waals surface area contributed by atoms with E-state index in [-0.39, 0.29) is 30.9 Å². The van der Waals surface area contributed by atoms with Crippen LogP contribution in [0.15, 0.2) is 43.0 Å². The third-order valence-electron chi connectivity index (χ3n) is 4.39. The van der Waals surface area contributed by atoms with Gasteiger partial charge in [-0.25, -0.2) is 9.97 Å². The van der Waals surface area contributed by atoms with Crippen molar-refractivity contribution in [1.82, 2.24) is 24.7 Å². The van der Waals surface area contributed by atoms with Crippen LogP contribution in [0.1, 0.15) is 19.8 Å². The summed E-state index contributed by atoms with van der Waals surface area (Å²) in [5, 5.41) is 0.527. The topological polar surface area (TPSA) is 137 Å². The second-order valence-electron chi connectivity index (χ2n) is 6.87. The highest BCUT2D eigenvalue weighted by Crippen LogP contribution is 2.34. The molecule has 0 fully saturated rings. The lowest BCUT2D eigenvalue weighted by molar-refractivity contribution is 0.201. The Kier molecular flexibility index (Phi) is 9.19. The van der Waals surface area contributed by atoms with Gasteiger partial charge in [0.15, 0.2) is 11.6 Å². The van der Waals surface area contributed by atoms with E-state index in [0.29, 0.717) is 34.9 Å². The van der Waals surface area contributed by atoms with Crippen molar-refractivity contribution >= 4 is 27.6 Å². The fraction of sp³-hybridized carbons (Fsp3) is 0.333. The maximum Gasteiger partial charge on any atom is 0.316 e. The normalized spacial score (nSPS) is 11.1. The van der Waals surface area contributed by atoms with Crippen molar-refractivity contribution in [3.63, 3.8) is 0 Å². The number of aromatic nitrogens is 4. The van der Waals surface area contributed by atoms with Gasteiger partial charge in [0.2, 0.25) is 5.88 Å². The van der Waals surface area contributed by atoms with Crippen LogP contribution in [-0.4, -0.2) is 55.2 Å². The van der Waals surface area contributed by atoms with Gasteiger partial charge in [-0.15, -0.1) is 0 Å². The van der Waals surface area contributed by atoms with Gasteiger partial charge in [0.05, 0.1) is 25.1 Å². The lowest BCUT2D eigenvalue weighted by Gasteiger charge is -2.16. The van der Waals surface area contributed by atoms with Crippen LogP contribution in [0.5, 0.6) is 17.6 Å². The maximum atomic E-state index is 12.5. The highest BCUT2D eigenvalue weighted by Gasteiger charge is 2.20. The molecule has 0 saturated carbocycles. The SMILES string of the molecule is CCCCNS(=O)(=O)Nc1ncnc(OCCOc2ncc(OC)cn2)c1-c1ccc(Cl)cc1. The van der Waals surface area contributed by atoms with Crippen LogP contribution in [0.25, 0.3) is 11.1 Å². The Hall–Kier alpha value is -3.22. The minimum atomic E-state index is -3.85. The number of rotatable bonds is 13. The number of nitrogens with one attached hydrogen (secondary N) is 2. The number of benzene rings is 1. The molecule has 13 heteroatoms. The molecule has 34 heavy (non-hydrogen) atoms. The first kappa shape index (κ1) is 25.4. The van der Waals surface area contributed by atoms with Crippen LogP contribution >= 0.6 is 11.6 Å². The van der Waals surface area contributed by atoms with Crippen molar-refractivity contribution in [1.29, 1.82) is 0 Å². The molecule has 2 aromatic heterocycles. The molecular formula is C21H25ClN6O5S. The lowest BCUT2D eigenvalue weighted by atomic mass is 10.1. The Bertz CT molecular complexity index is 1160. The van der Waals surface area contributed by atoms with Gasteiger partial charge in [0.25, 0.3) is 10.2 Å². The Balaban J connectivity index is 1.77. The molecular weight excluding hydrogens is 484 g/mol. The molecule has 0 saturated heterocycles. The molecule has 0 spiro atoms. The Morgan fingerprint density at radius 2 is 1.71 bits per heavy atom. The van der Waals surface area contributed by atoms with E-state index >= 15 is 0 Å². The first-order valence-corrected chi connectivity index (χ1v) is 12.3. The monoisotopic (exact) mass is 508 g/mol. The number of hydrogen-bond donors (Lipinski definition) is 2. The standard InChI is InChI=1S/C21H25ClN6O5S/c1-3-4-9-27-34(29,30)28-19-18(15-5-7-16(22)8-6-15)20(26-14-25-19)32-10-11-33-21-23-12-17(31-2)13-24-21/h5-8,12-14,27H,3-4,9-11H2,1-2H3,(H,25,26,28). The minimum absolute atomic E-state index is 0.0655.